The third kappa shape index (κ3) is 3.20. The summed E-state index contributed by atoms with van der Waals surface area (Å²) in [5, 5.41) is 8.66. The normalized spacial score (nSPS) is 15.5. The van der Waals surface area contributed by atoms with Crippen molar-refractivity contribution in [2.24, 2.45) is 0 Å². The topological polar surface area (TPSA) is 69.0 Å². The van der Waals surface area contributed by atoms with Gasteiger partial charge >= 0.3 is 0 Å². The first kappa shape index (κ1) is 18.4. The Bertz CT molecular complexity index is 1260. The first-order valence-corrected chi connectivity index (χ1v) is 10.0. The Kier molecular flexibility index (Phi) is 4.47. The zero-order valence-electron chi connectivity index (χ0n) is 16.9. The number of carbonyl (C=O) groups excluding carboxylic acids is 1. The van der Waals surface area contributed by atoms with Gasteiger partial charge in [0.1, 0.15) is 5.75 Å². The number of aryl methyl sites for hydroxylation is 1. The molecule has 150 valence electrons. The number of fused-ring (bicyclic) bond motifs is 2. The maximum atomic E-state index is 13.1. The average molecular weight is 398 g/mol. The second-order valence-electron chi connectivity index (χ2n) is 7.62. The monoisotopic (exact) mass is 398 g/mol. The van der Waals surface area contributed by atoms with Gasteiger partial charge in [0.15, 0.2) is 5.82 Å². The molecule has 1 amide bonds. The number of rotatable bonds is 3. The molecule has 30 heavy (non-hydrogen) atoms. The van der Waals surface area contributed by atoms with Crippen molar-refractivity contribution in [2.75, 3.05) is 6.61 Å². The van der Waals surface area contributed by atoms with Crippen LogP contribution in [0.25, 0.3) is 16.7 Å². The average Bonchev–Trinajstić information content (AvgIpc) is 3.15. The van der Waals surface area contributed by atoms with E-state index >= 15 is 0 Å². The number of hydrogen-bond donors (Lipinski definition) is 1. The molecule has 0 saturated heterocycles. The van der Waals surface area contributed by atoms with Gasteiger partial charge in [-0.15, -0.1) is 0 Å². The van der Waals surface area contributed by atoms with Crippen LogP contribution in [0.2, 0.25) is 0 Å². The van der Waals surface area contributed by atoms with Gasteiger partial charge in [0.05, 0.1) is 35.6 Å². The minimum absolute atomic E-state index is 0.0808. The third-order valence-corrected chi connectivity index (χ3v) is 5.57. The molecule has 1 unspecified atom stereocenters. The molecular formula is C24H22N4O2. The summed E-state index contributed by atoms with van der Waals surface area (Å²) in [6.07, 6.45) is 2.35. The Labute approximate surface area is 174 Å². The molecule has 1 aliphatic heterocycles. The number of amides is 1. The minimum atomic E-state index is -0.140. The van der Waals surface area contributed by atoms with Crippen LogP contribution in [0.3, 0.4) is 0 Å². The highest BCUT2D eigenvalue weighted by molar-refractivity contribution is 5.95. The van der Waals surface area contributed by atoms with Crippen molar-refractivity contribution in [2.45, 2.75) is 26.3 Å². The van der Waals surface area contributed by atoms with Crippen LogP contribution in [0.1, 0.15) is 39.6 Å². The number of nitrogens with zero attached hydrogens (tertiary/aromatic N) is 3. The quantitative estimate of drug-likeness (QED) is 0.559. The van der Waals surface area contributed by atoms with Crippen molar-refractivity contribution in [3.8, 4) is 11.6 Å². The van der Waals surface area contributed by atoms with Crippen LogP contribution in [0.4, 0.5) is 0 Å². The Balaban J connectivity index is 1.43. The lowest BCUT2D eigenvalue weighted by Crippen LogP contribution is -2.32. The maximum Gasteiger partial charge on any atom is 0.255 e. The number of hydrogen-bond acceptors (Lipinski definition) is 4. The van der Waals surface area contributed by atoms with Crippen LogP contribution in [0, 0.1) is 13.8 Å². The highest BCUT2D eigenvalue weighted by Crippen LogP contribution is 2.33. The lowest BCUT2D eigenvalue weighted by Gasteiger charge is -2.27. The van der Waals surface area contributed by atoms with Gasteiger partial charge in [-0.3, -0.25) is 4.79 Å². The van der Waals surface area contributed by atoms with Crippen LogP contribution in [0.5, 0.6) is 5.75 Å². The van der Waals surface area contributed by atoms with Gasteiger partial charge in [-0.05, 0) is 38.1 Å². The number of aromatic nitrogens is 3. The molecule has 0 saturated carbocycles. The van der Waals surface area contributed by atoms with E-state index in [0.29, 0.717) is 18.0 Å². The SMILES string of the molecule is Cc1ccc2c(c1)C(NC(=O)c1cnn(-c3ccc4ccccc4n3)c1C)CCO2. The predicted molar refractivity (Wildman–Crippen MR) is 115 cm³/mol. The van der Waals surface area contributed by atoms with Crippen LogP contribution in [-0.4, -0.2) is 27.3 Å². The zero-order valence-corrected chi connectivity index (χ0v) is 16.9. The molecule has 2 aromatic heterocycles. The van der Waals surface area contributed by atoms with Crippen molar-refractivity contribution >= 4 is 16.8 Å². The van der Waals surface area contributed by atoms with Gasteiger partial charge in [-0.1, -0.05) is 35.9 Å². The molecular weight excluding hydrogens is 376 g/mol. The molecule has 4 aromatic rings. The molecule has 0 spiro atoms. The Morgan fingerprint density at radius 3 is 2.90 bits per heavy atom. The predicted octanol–water partition coefficient (Wildman–Crippen LogP) is 4.29. The highest BCUT2D eigenvalue weighted by Gasteiger charge is 2.25. The molecule has 5 rings (SSSR count). The molecule has 1 atom stereocenters. The Morgan fingerprint density at radius 1 is 1.13 bits per heavy atom. The first-order valence-electron chi connectivity index (χ1n) is 10.0. The van der Waals surface area contributed by atoms with Gasteiger partial charge in [-0.2, -0.15) is 5.10 Å². The molecule has 3 heterocycles. The summed E-state index contributed by atoms with van der Waals surface area (Å²) in [5.74, 6) is 1.39. The third-order valence-electron chi connectivity index (χ3n) is 5.57. The second-order valence-corrected chi connectivity index (χ2v) is 7.62. The minimum Gasteiger partial charge on any atom is -0.493 e. The first-order chi connectivity index (χ1) is 14.6. The zero-order chi connectivity index (χ0) is 20.7. The van der Waals surface area contributed by atoms with Crippen LogP contribution in [0.15, 0.2) is 60.8 Å². The fourth-order valence-electron chi connectivity index (χ4n) is 3.94. The van der Waals surface area contributed by atoms with Crippen molar-refractivity contribution in [3.05, 3.63) is 83.2 Å². The molecule has 0 bridgehead atoms. The van der Waals surface area contributed by atoms with E-state index in [4.69, 9.17) is 4.74 Å². The molecule has 1 N–H and O–H groups in total. The largest absolute Gasteiger partial charge is 0.493 e. The standard InChI is InChI=1S/C24H22N4O2/c1-15-7-9-22-18(13-15)21(11-12-30-22)27-24(29)19-14-25-28(16(19)2)23-10-8-17-5-3-4-6-20(17)26-23/h3-10,13-14,21H,11-12H2,1-2H3,(H,27,29). The summed E-state index contributed by atoms with van der Waals surface area (Å²) in [7, 11) is 0. The molecule has 6 nitrogen and oxygen atoms in total. The molecule has 0 radical (unpaired) electrons. The van der Waals surface area contributed by atoms with Crippen LogP contribution >= 0.6 is 0 Å². The number of carbonyl (C=O) groups is 1. The van der Waals surface area contributed by atoms with Crippen LogP contribution < -0.4 is 10.1 Å². The van der Waals surface area contributed by atoms with E-state index in [1.807, 2.05) is 62.4 Å². The van der Waals surface area contributed by atoms with Gasteiger partial charge < -0.3 is 10.1 Å². The summed E-state index contributed by atoms with van der Waals surface area (Å²) in [6.45, 7) is 4.51. The van der Waals surface area contributed by atoms with E-state index in [0.717, 1.165) is 39.9 Å². The van der Waals surface area contributed by atoms with Crippen molar-refractivity contribution < 1.29 is 9.53 Å². The number of para-hydroxylation sites is 1. The van der Waals surface area contributed by atoms with Gasteiger partial charge in [-0.25, -0.2) is 9.67 Å². The number of ether oxygens (including phenoxy) is 1. The van der Waals surface area contributed by atoms with Crippen LogP contribution in [-0.2, 0) is 0 Å². The van der Waals surface area contributed by atoms with E-state index < -0.39 is 0 Å². The highest BCUT2D eigenvalue weighted by atomic mass is 16.5. The summed E-state index contributed by atoms with van der Waals surface area (Å²) in [6, 6.07) is 17.9. The fraction of sp³-hybridized carbons (Fsp3) is 0.208. The van der Waals surface area contributed by atoms with Crippen molar-refractivity contribution in [1.29, 1.82) is 0 Å². The van der Waals surface area contributed by atoms with Crippen molar-refractivity contribution in [3.63, 3.8) is 0 Å². The number of pyridine rings is 1. The lowest BCUT2D eigenvalue weighted by molar-refractivity contribution is 0.0924. The van der Waals surface area contributed by atoms with Gasteiger partial charge in [0, 0.05) is 17.4 Å². The molecule has 2 aromatic carbocycles. The molecule has 0 aliphatic carbocycles. The van der Waals surface area contributed by atoms with E-state index in [1.165, 1.54) is 0 Å². The molecule has 6 heteroatoms. The fourth-order valence-corrected chi connectivity index (χ4v) is 3.94. The van der Waals surface area contributed by atoms with Crippen molar-refractivity contribution in [1.82, 2.24) is 20.1 Å². The Hall–Kier alpha value is -3.67. The summed E-state index contributed by atoms with van der Waals surface area (Å²) < 4.78 is 7.45. The number of nitrogens with one attached hydrogen (secondary N) is 1. The summed E-state index contributed by atoms with van der Waals surface area (Å²) in [5.41, 5.74) is 4.36. The summed E-state index contributed by atoms with van der Waals surface area (Å²) in [4.78, 5) is 17.7. The van der Waals surface area contributed by atoms with E-state index in [2.05, 4.69) is 21.5 Å². The van der Waals surface area contributed by atoms with E-state index in [1.54, 1.807) is 10.9 Å². The Morgan fingerprint density at radius 2 is 2.00 bits per heavy atom. The maximum absolute atomic E-state index is 13.1. The van der Waals surface area contributed by atoms with E-state index in [-0.39, 0.29) is 11.9 Å². The number of benzene rings is 2. The lowest BCUT2D eigenvalue weighted by atomic mass is 9.98. The molecule has 0 fully saturated rings. The van der Waals surface area contributed by atoms with Gasteiger partial charge in [0.25, 0.3) is 5.91 Å². The second kappa shape index (κ2) is 7.30. The smallest absolute Gasteiger partial charge is 0.255 e. The van der Waals surface area contributed by atoms with E-state index in [9.17, 15) is 4.79 Å². The molecule has 1 aliphatic rings. The summed E-state index contributed by atoms with van der Waals surface area (Å²) >= 11 is 0. The van der Waals surface area contributed by atoms with Gasteiger partial charge in [0.2, 0.25) is 0 Å².